The summed E-state index contributed by atoms with van der Waals surface area (Å²) in [5.74, 6) is 0.576. The second-order valence-electron chi connectivity index (χ2n) is 11.4. The van der Waals surface area contributed by atoms with E-state index in [0.717, 1.165) is 17.9 Å². The summed E-state index contributed by atoms with van der Waals surface area (Å²) >= 11 is 1.68. The molecule has 3 aliphatic heterocycles. The second kappa shape index (κ2) is 10.9. The Bertz CT molecular complexity index is 1270. The Labute approximate surface area is 234 Å². The smallest absolute Gasteiger partial charge is 0.433 e. The first-order valence-corrected chi connectivity index (χ1v) is 14.5. The van der Waals surface area contributed by atoms with Gasteiger partial charge in [-0.3, -0.25) is 14.6 Å². The van der Waals surface area contributed by atoms with Crippen molar-refractivity contribution < 1.29 is 31.9 Å². The molecule has 1 aromatic carbocycles. The fraction of sp³-hybridized carbons (Fsp3) is 0.593. The summed E-state index contributed by atoms with van der Waals surface area (Å²) in [5.41, 5.74) is -1.86. The summed E-state index contributed by atoms with van der Waals surface area (Å²) in [6, 6.07) is 4.41. The number of hydrogen-bond donors (Lipinski definition) is 0. The van der Waals surface area contributed by atoms with E-state index in [1.807, 2.05) is 4.90 Å². The van der Waals surface area contributed by atoms with E-state index in [0.29, 0.717) is 57.0 Å². The molecule has 3 aliphatic rings. The molecular weight excluding hydrogens is 550 g/mol. The highest BCUT2D eigenvalue weighted by Gasteiger charge is 2.45. The lowest BCUT2D eigenvalue weighted by molar-refractivity contribution is -0.141. The zero-order chi connectivity index (χ0) is 28.8. The van der Waals surface area contributed by atoms with E-state index in [-0.39, 0.29) is 23.2 Å². The normalized spacial score (nSPS) is 22.8. The van der Waals surface area contributed by atoms with Gasteiger partial charge in [0.05, 0.1) is 5.88 Å². The molecule has 3 fully saturated rings. The highest BCUT2D eigenvalue weighted by molar-refractivity contribution is 7.99. The number of rotatable bonds is 3. The zero-order valence-corrected chi connectivity index (χ0v) is 23.5. The minimum atomic E-state index is -4.71. The number of thioether (sulfide) groups is 1. The molecule has 0 unspecified atom stereocenters. The molecule has 218 valence electrons. The molecule has 40 heavy (non-hydrogen) atoms. The number of halogens is 4. The summed E-state index contributed by atoms with van der Waals surface area (Å²) in [6.07, 6.45) is -4.78. The van der Waals surface area contributed by atoms with E-state index in [2.05, 4.69) is 9.88 Å². The van der Waals surface area contributed by atoms with Crippen molar-refractivity contribution in [2.24, 2.45) is 0 Å². The Morgan fingerprint density at radius 3 is 2.42 bits per heavy atom. The van der Waals surface area contributed by atoms with E-state index in [1.165, 1.54) is 11.0 Å². The van der Waals surface area contributed by atoms with Gasteiger partial charge < -0.3 is 14.5 Å². The van der Waals surface area contributed by atoms with Gasteiger partial charge in [0.25, 0.3) is 0 Å². The number of piperazine rings is 1. The van der Waals surface area contributed by atoms with Gasteiger partial charge in [0.1, 0.15) is 28.7 Å². The van der Waals surface area contributed by atoms with Crippen LogP contribution in [-0.4, -0.2) is 100 Å². The van der Waals surface area contributed by atoms with Crippen molar-refractivity contribution in [2.45, 2.75) is 51.1 Å². The molecule has 0 bridgehead atoms. The quantitative estimate of drug-likeness (QED) is 0.496. The van der Waals surface area contributed by atoms with E-state index >= 15 is 0 Å². The molecule has 4 heterocycles. The number of carbonyl (C=O) groups excluding carboxylic acids is 2. The zero-order valence-electron chi connectivity index (χ0n) is 22.7. The molecule has 0 saturated carbocycles. The SMILES string of the molecule is CC(C)(C)OC(=O)N1C[C@@H](N2CCN(c3cc(C(F)(F)F)nc4c(F)cccc34)CC2)C[C@H]1C(=O)N1CCSC1. The summed E-state index contributed by atoms with van der Waals surface area (Å²) in [7, 11) is 0. The number of benzene rings is 1. The van der Waals surface area contributed by atoms with Crippen molar-refractivity contribution in [1.29, 1.82) is 0 Å². The standard InChI is InChI=1S/C27H33F4N5O3S/c1-26(2,3)39-25(38)36-15-17(13-21(36)24(37)35-11-12-40-16-35)33-7-9-34(10-8-33)20-14-22(27(29,30)31)32-23-18(20)5-4-6-19(23)28/h4-6,14,17,21H,7-13,15-16H2,1-3H3/t17-,21-/m0/s1. The van der Waals surface area contributed by atoms with Crippen molar-refractivity contribution in [3.8, 4) is 0 Å². The monoisotopic (exact) mass is 583 g/mol. The number of anilines is 1. The van der Waals surface area contributed by atoms with Crippen molar-refractivity contribution in [1.82, 2.24) is 19.7 Å². The Kier molecular flexibility index (Phi) is 7.81. The number of aromatic nitrogens is 1. The van der Waals surface area contributed by atoms with Gasteiger partial charge in [0, 0.05) is 62.1 Å². The number of alkyl halides is 3. The van der Waals surface area contributed by atoms with Gasteiger partial charge in [-0.15, -0.1) is 11.8 Å². The van der Waals surface area contributed by atoms with Gasteiger partial charge in [-0.1, -0.05) is 12.1 Å². The number of fused-ring (bicyclic) bond motifs is 1. The van der Waals surface area contributed by atoms with Crippen LogP contribution in [0.4, 0.5) is 28.0 Å². The van der Waals surface area contributed by atoms with Crippen LogP contribution in [0.3, 0.4) is 0 Å². The number of pyridine rings is 1. The van der Waals surface area contributed by atoms with Crippen LogP contribution >= 0.6 is 11.8 Å². The molecule has 0 aliphatic carbocycles. The maximum Gasteiger partial charge on any atom is 0.433 e. The van der Waals surface area contributed by atoms with Crippen LogP contribution in [0.1, 0.15) is 32.9 Å². The number of para-hydroxylation sites is 1. The fourth-order valence-corrected chi connectivity index (χ4v) is 6.52. The van der Waals surface area contributed by atoms with Crippen LogP contribution in [0.15, 0.2) is 24.3 Å². The number of ether oxygens (including phenoxy) is 1. The molecule has 0 N–H and O–H groups in total. The summed E-state index contributed by atoms with van der Waals surface area (Å²) in [6.45, 7) is 8.13. The van der Waals surface area contributed by atoms with Crippen LogP contribution in [0, 0.1) is 5.82 Å². The summed E-state index contributed by atoms with van der Waals surface area (Å²) in [5, 5.41) is 0.326. The van der Waals surface area contributed by atoms with E-state index in [1.54, 1.807) is 43.5 Å². The van der Waals surface area contributed by atoms with Crippen molar-refractivity contribution in [2.75, 3.05) is 55.8 Å². The van der Waals surface area contributed by atoms with E-state index in [9.17, 15) is 27.2 Å². The largest absolute Gasteiger partial charge is 0.444 e. The third-order valence-electron chi connectivity index (χ3n) is 7.49. The maximum atomic E-state index is 14.5. The molecule has 1 aromatic heterocycles. The number of nitrogens with zero attached hydrogens (tertiary/aromatic N) is 5. The Morgan fingerprint density at radius 2 is 1.80 bits per heavy atom. The van der Waals surface area contributed by atoms with Crippen LogP contribution in [0.5, 0.6) is 0 Å². The first-order valence-electron chi connectivity index (χ1n) is 13.3. The van der Waals surface area contributed by atoms with Crippen LogP contribution < -0.4 is 4.90 Å². The predicted octanol–water partition coefficient (Wildman–Crippen LogP) is 4.43. The fourth-order valence-electron chi connectivity index (χ4n) is 5.56. The summed E-state index contributed by atoms with van der Waals surface area (Å²) < 4.78 is 60.9. The van der Waals surface area contributed by atoms with Gasteiger partial charge >= 0.3 is 12.3 Å². The van der Waals surface area contributed by atoms with Crippen LogP contribution in [-0.2, 0) is 15.7 Å². The molecule has 3 saturated heterocycles. The Balaban J connectivity index is 1.33. The van der Waals surface area contributed by atoms with Crippen molar-refractivity contribution in [3.05, 3.63) is 35.8 Å². The number of amides is 2. The molecule has 2 aromatic rings. The lowest BCUT2D eigenvalue weighted by Gasteiger charge is -2.39. The van der Waals surface area contributed by atoms with Crippen LogP contribution in [0.25, 0.3) is 10.9 Å². The number of carbonyl (C=O) groups is 2. The molecule has 2 amide bonds. The highest BCUT2D eigenvalue weighted by atomic mass is 32.2. The maximum absolute atomic E-state index is 14.5. The first-order chi connectivity index (χ1) is 18.8. The lowest BCUT2D eigenvalue weighted by Crippen LogP contribution is -2.51. The minimum absolute atomic E-state index is 0.0815. The van der Waals surface area contributed by atoms with Gasteiger partial charge in [0.15, 0.2) is 0 Å². The number of hydrogen-bond acceptors (Lipinski definition) is 7. The van der Waals surface area contributed by atoms with Gasteiger partial charge in [0.2, 0.25) is 5.91 Å². The summed E-state index contributed by atoms with van der Waals surface area (Å²) in [4.78, 5) is 37.3. The third-order valence-corrected chi connectivity index (χ3v) is 8.45. The number of likely N-dealkylation sites (tertiary alicyclic amines) is 1. The van der Waals surface area contributed by atoms with Crippen LogP contribution in [0.2, 0.25) is 0 Å². The average Bonchev–Trinajstić information content (AvgIpc) is 3.58. The third kappa shape index (κ3) is 5.95. The lowest BCUT2D eigenvalue weighted by atomic mass is 10.1. The van der Waals surface area contributed by atoms with Crippen molar-refractivity contribution >= 4 is 40.4 Å². The average molecular weight is 584 g/mol. The predicted molar refractivity (Wildman–Crippen MR) is 145 cm³/mol. The highest BCUT2D eigenvalue weighted by Crippen LogP contribution is 2.36. The first kappa shape index (κ1) is 28.7. The molecular formula is C27H33F4N5O3S. The van der Waals surface area contributed by atoms with Gasteiger partial charge in [-0.2, -0.15) is 13.2 Å². The van der Waals surface area contributed by atoms with Gasteiger partial charge in [-0.05, 0) is 39.3 Å². The Morgan fingerprint density at radius 1 is 1.07 bits per heavy atom. The van der Waals surface area contributed by atoms with E-state index < -0.39 is 35.4 Å². The topological polar surface area (TPSA) is 69.2 Å². The van der Waals surface area contributed by atoms with E-state index in [4.69, 9.17) is 4.74 Å². The second-order valence-corrected chi connectivity index (χ2v) is 12.4. The molecule has 8 nitrogen and oxygen atoms in total. The molecule has 0 radical (unpaired) electrons. The molecule has 0 spiro atoms. The molecule has 5 rings (SSSR count). The van der Waals surface area contributed by atoms with Crippen molar-refractivity contribution in [3.63, 3.8) is 0 Å². The minimum Gasteiger partial charge on any atom is -0.444 e. The molecule has 2 atom stereocenters. The Hall–Kier alpha value is -2.80. The van der Waals surface area contributed by atoms with Gasteiger partial charge in [-0.25, -0.2) is 14.2 Å². The molecule has 13 heteroatoms.